The lowest BCUT2D eigenvalue weighted by atomic mass is 9.98. The second kappa shape index (κ2) is 8.15. The number of nitrogens with zero attached hydrogens (tertiary/aromatic N) is 3. The fourth-order valence-electron chi connectivity index (χ4n) is 3.41. The van der Waals surface area contributed by atoms with Gasteiger partial charge in [-0.15, -0.1) is 0 Å². The summed E-state index contributed by atoms with van der Waals surface area (Å²) in [6.07, 6.45) is 5.18. The molecule has 2 fully saturated rings. The quantitative estimate of drug-likeness (QED) is 0.794. The highest BCUT2D eigenvalue weighted by molar-refractivity contribution is 5.79. The smallest absolute Gasteiger partial charge is 0.431 e. The van der Waals surface area contributed by atoms with Gasteiger partial charge in [0.25, 0.3) is 0 Å². The summed E-state index contributed by atoms with van der Waals surface area (Å²) in [5, 5.41) is 2.88. The van der Waals surface area contributed by atoms with Crippen molar-refractivity contribution in [1.29, 1.82) is 0 Å². The molecule has 2 aliphatic rings. The number of benzene rings is 1. The summed E-state index contributed by atoms with van der Waals surface area (Å²) in [6.45, 7) is 2.77. The van der Waals surface area contributed by atoms with E-state index in [2.05, 4.69) is 17.0 Å². The lowest BCUT2D eigenvalue weighted by molar-refractivity contribution is -0.132. The second-order valence-corrected chi connectivity index (χ2v) is 6.37. The number of ether oxygens (including phenoxy) is 1. The maximum absolute atomic E-state index is 12.3. The third kappa shape index (κ3) is 4.06. The number of hydrogen-bond donors (Lipinski definition) is 0. The molecule has 130 valence electrons. The van der Waals surface area contributed by atoms with Gasteiger partial charge in [-0.2, -0.15) is 5.01 Å². The number of amides is 2. The highest BCUT2D eigenvalue weighted by Gasteiger charge is 2.29. The summed E-state index contributed by atoms with van der Waals surface area (Å²) in [7, 11) is 0. The van der Waals surface area contributed by atoms with E-state index in [1.165, 1.54) is 12.1 Å². The third-order valence-corrected chi connectivity index (χ3v) is 4.79. The summed E-state index contributed by atoms with van der Waals surface area (Å²) in [5.74, 6) is 0. The number of carbonyl (C=O) groups excluding carboxylic acids is 2. The number of rotatable bonds is 4. The molecule has 6 heteroatoms. The van der Waals surface area contributed by atoms with Gasteiger partial charge in [-0.1, -0.05) is 24.6 Å². The van der Waals surface area contributed by atoms with Crippen LogP contribution in [-0.4, -0.2) is 54.8 Å². The topological polar surface area (TPSA) is 53.1 Å². The molecule has 1 heterocycles. The predicted molar refractivity (Wildman–Crippen MR) is 91.5 cm³/mol. The van der Waals surface area contributed by atoms with Crippen molar-refractivity contribution in [2.24, 2.45) is 0 Å². The molecule has 0 unspecified atom stereocenters. The predicted octanol–water partition coefficient (Wildman–Crippen LogP) is 2.65. The minimum Gasteiger partial charge on any atom is -0.445 e. The number of hydrogen-bond acceptors (Lipinski definition) is 5. The van der Waals surface area contributed by atoms with E-state index < -0.39 is 6.09 Å². The first kappa shape index (κ1) is 16.8. The van der Waals surface area contributed by atoms with E-state index in [9.17, 15) is 9.59 Å². The summed E-state index contributed by atoms with van der Waals surface area (Å²) < 4.78 is 5.51. The number of hydrazine groups is 1. The van der Waals surface area contributed by atoms with Gasteiger partial charge in [0.15, 0.2) is 0 Å². The van der Waals surface area contributed by atoms with Crippen molar-refractivity contribution < 1.29 is 14.3 Å². The van der Waals surface area contributed by atoms with Gasteiger partial charge in [0, 0.05) is 31.9 Å². The molecule has 2 amide bonds. The molecule has 1 aliphatic carbocycles. The van der Waals surface area contributed by atoms with E-state index in [-0.39, 0.29) is 6.10 Å². The Labute approximate surface area is 142 Å². The van der Waals surface area contributed by atoms with Crippen LogP contribution < -0.4 is 4.90 Å². The first-order valence-corrected chi connectivity index (χ1v) is 8.78. The molecule has 1 saturated carbocycles. The van der Waals surface area contributed by atoms with E-state index in [0.717, 1.165) is 43.8 Å². The summed E-state index contributed by atoms with van der Waals surface area (Å²) in [6, 6.07) is 10.2. The van der Waals surface area contributed by atoms with Crippen molar-refractivity contribution in [3.05, 3.63) is 30.3 Å². The standard InChI is InChI=1S/C18H25N3O3/c22-15-21(18(23)24-17-9-5-2-6-10-17)20-13-11-19(12-14-20)16-7-3-1-4-8-16/h1,3-4,7-8,15,17H,2,5-6,9-14H2. The third-order valence-electron chi connectivity index (χ3n) is 4.79. The lowest BCUT2D eigenvalue weighted by Crippen LogP contribution is -2.55. The van der Waals surface area contributed by atoms with Gasteiger partial charge >= 0.3 is 6.09 Å². The molecule has 0 N–H and O–H groups in total. The molecular formula is C18H25N3O3. The van der Waals surface area contributed by atoms with Crippen molar-refractivity contribution in [3.8, 4) is 0 Å². The fraction of sp³-hybridized carbons (Fsp3) is 0.556. The maximum atomic E-state index is 12.3. The van der Waals surface area contributed by atoms with Crippen LogP contribution in [0, 0.1) is 0 Å². The Kier molecular flexibility index (Phi) is 5.69. The zero-order valence-electron chi connectivity index (χ0n) is 14.0. The lowest BCUT2D eigenvalue weighted by Gasteiger charge is -2.39. The largest absolute Gasteiger partial charge is 0.445 e. The molecular weight excluding hydrogens is 306 g/mol. The van der Waals surface area contributed by atoms with Gasteiger partial charge in [-0.3, -0.25) is 4.79 Å². The van der Waals surface area contributed by atoms with Crippen LogP contribution in [0.3, 0.4) is 0 Å². The molecule has 1 aromatic carbocycles. The van der Waals surface area contributed by atoms with E-state index in [1.807, 2.05) is 18.2 Å². The zero-order chi connectivity index (χ0) is 16.8. The van der Waals surface area contributed by atoms with Crippen LogP contribution in [0.25, 0.3) is 0 Å². The molecule has 1 saturated heterocycles. The molecule has 1 aliphatic heterocycles. The van der Waals surface area contributed by atoms with Crippen LogP contribution >= 0.6 is 0 Å². The molecule has 3 rings (SSSR count). The number of anilines is 1. The Morgan fingerprint density at radius 2 is 1.71 bits per heavy atom. The molecule has 0 spiro atoms. The average Bonchev–Trinajstić information content (AvgIpc) is 2.64. The highest BCUT2D eigenvalue weighted by Crippen LogP contribution is 2.21. The molecule has 0 radical (unpaired) electrons. The number of piperazine rings is 1. The maximum Gasteiger partial charge on any atom is 0.431 e. The van der Waals surface area contributed by atoms with E-state index >= 15 is 0 Å². The van der Waals surface area contributed by atoms with Gasteiger partial charge in [0.1, 0.15) is 6.10 Å². The van der Waals surface area contributed by atoms with Crippen molar-refractivity contribution >= 4 is 18.2 Å². The van der Waals surface area contributed by atoms with E-state index in [0.29, 0.717) is 19.5 Å². The molecule has 1 aromatic rings. The van der Waals surface area contributed by atoms with Crippen LogP contribution in [0.5, 0.6) is 0 Å². The van der Waals surface area contributed by atoms with Crippen LogP contribution in [0.4, 0.5) is 10.5 Å². The number of carbonyl (C=O) groups is 2. The highest BCUT2D eigenvalue weighted by atomic mass is 16.6. The van der Waals surface area contributed by atoms with E-state index in [4.69, 9.17) is 4.74 Å². The SMILES string of the molecule is O=CN(C(=O)OC1CCCCC1)N1CCN(c2ccccc2)CC1. The molecule has 0 atom stereocenters. The van der Waals surface area contributed by atoms with Crippen molar-refractivity contribution in [2.75, 3.05) is 31.1 Å². The summed E-state index contributed by atoms with van der Waals surface area (Å²) in [5.41, 5.74) is 1.17. The summed E-state index contributed by atoms with van der Waals surface area (Å²) >= 11 is 0. The molecule has 6 nitrogen and oxygen atoms in total. The molecule has 0 bridgehead atoms. The Balaban J connectivity index is 1.53. The normalized spacial score (nSPS) is 19.8. The second-order valence-electron chi connectivity index (χ2n) is 6.37. The van der Waals surface area contributed by atoms with Crippen molar-refractivity contribution in [2.45, 2.75) is 38.2 Å². The fourth-order valence-corrected chi connectivity index (χ4v) is 3.41. The van der Waals surface area contributed by atoms with Gasteiger partial charge in [-0.25, -0.2) is 9.80 Å². The number of para-hydroxylation sites is 1. The Morgan fingerprint density at radius 1 is 1.04 bits per heavy atom. The average molecular weight is 331 g/mol. The summed E-state index contributed by atoms with van der Waals surface area (Å²) in [4.78, 5) is 26.0. The molecule has 0 aromatic heterocycles. The van der Waals surface area contributed by atoms with Gasteiger partial charge in [-0.05, 0) is 37.8 Å². The van der Waals surface area contributed by atoms with Gasteiger partial charge in [0.2, 0.25) is 6.41 Å². The Bertz CT molecular complexity index is 538. The van der Waals surface area contributed by atoms with Crippen molar-refractivity contribution in [1.82, 2.24) is 10.0 Å². The Hall–Kier alpha value is -2.08. The van der Waals surface area contributed by atoms with Crippen molar-refractivity contribution in [3.63, 3.8) is 0 Å². The van der Waals surface area contributed by atoms with Crippen LogP contribution in [0.1, 0.15) is 32.1 Å². The zero-order valence-corrected chi connectivity index (χ0v) is 14.0. The first-order chi connectivity index (χ1) is 11.8. The molecule has 24 heavy (non-hydrogen) atoms. The monoisotopic (exact) mass is 331 g/mol. The van der Waals surface area contributed by atoms with Crippen LogP contribution in [0.15, 0.2) is 30.3 Å². The minimum absolute atomic E-state index is 0.0423. The Morgan fingerprint density at radius 3 is 2.33 bits per heavy atom. The minimum atomic E-state index is -0.537. The number of imide groups is 1. The van der Waals surface area contributed by atoms with Gasteiger partial charge < -0.3 is 9.64 Å². The van der Waals surface area contributed by atoms with Crippen LogP contribution in [-0.2, 0) is 9.53 Å². The first-order valence-electron chi connectivity index (χ1n) is 8.78. The van der Waals surface area contributed by atoms with E-state index in [1.54, 1.807) is 5.01 Å². The van der Waals surface area contributed by atoms with Crippen LogP contribution in [0.2, 0.25) is 0 Å². The van der Waals surface area contributed by atoms with Gasteiger partial charge in [0.05, 0.1) is 0 Å².